The third-order valence-corrected chi connectivity index (χ3v) is 10.4. The summed E-state index contributed by atoms with van der Waals surface area (Å²) in [6, 6.07) is 16.1. The zero-order valence-electron chi connectivity index (χ0n) is 23.3. The molecule has 1 atom stereocenters. The lowest BCUT2D eigenvalue weighted by Gasteiger charge is -2.27. The number of fused-ring (bicyclic) bond motifs is 1. The van der Waals surface area contributed by atoms with E-state index in [9.17, 15) is 18.0 Å². The van der Waals surface area contributed by atoms with Gasteiger partial charge in [-0.25, -0.2) is 13.2 Å². The van der Waals surface area contributed by atoms with Gasteiger partial charge in [-0.05, 0) is 61.6 Å². The van der Waals surface area contributed by atoms with E-state index in [4.69, 9.17) is 9.47 Å². The number of carbonyl (C=O) groups excluding carboxylic acids is 2. The molecule has 218 valence electrons. The van der Waals surface area contributed by atoms with Crippen molar-refractivity contribution in [2.75, 3.05) is 38.7 Å². The number of anilines is 1. The fourth-order valence-electron chi connectivity index (χ4n) is 5.25. The van der Waals surface area contributed by atoms with E-state index in [-0.39, 0.29) is 29.7 Å². The number of hydrogen-bond donors (Lipinski definition) is 1. The molecule has 0 aliphatic carbocycles. The Balaban J connectivity index is 1.31. The van der Waals surface area contributed by atoms with Crippen molar-refractivity contribution in [1.29, 1.82) is 0 Å². The number of benzene rings is 2. The van der Waals surface area contributed by atoms with Crippen molar-refractivity contribution in [3.63, 3.8) is 0 Å². The van der Waals surface area contributed by atoms with Gasteiger partial charge in [0, 0.05) is 50.3 Å². The zero-order chi connectivity index (χ0) is 29.0. The van der Waals surface area contributed by atoms with Gasteiger partial charge in [-0.3, -0.25) is 9.69 Å². The van der Waals surface area contributed by atoms with Gasteiger partial charge in [-0.1, -0.05) is 30.3 Å². The van der Waals surface area contributed by atoms with Crippen LogP contribution in [0.1, 0.15) is 56.5 Å². The highest BCUT2D eigenvalue weighted by atomic mass is 32.2. The van der Waals surface area contributed by atoms with E-state index in [0.717, 1.165) is 36.4 Å². The number of hydrogen-bond acceptors (Lipinski definition) is 8. The number of esters is 1. The summed E-state index contributed by atoms with van der Waals surface area (Å²) in [6.07, 6.45) is 2.34. The van der Waals surface area contributed by atoms with Gasteiger partial charge < -0.3 is 14.8 Å². The Bertz CT molecular complexity index is 1480. The largest absolute Gasteiger partial charge is 0.462 e. The maximum absolute atomic E-state index is 13.2. The van der Waals surface area contributed by atoms with Gasteiger partial charge in [0.1, 0.15) is 5.00 Å². The van der Waals surface area contributed by atoms with Crippen LogP contribution in [-0.2, 0) is 39.0 Å². The smallest absolute Gasteiger partial charge is 0.341 e. The third-order valence-electron chi connectivity index (χ3n) is 7.40. The quantitative estimate of drug-likeness (QED) is 0.342. The van der Waals surface area contributed by atoms with Crippen molar-refractivity contribution in [2.24, 2.45) is 0 Å². The molecule has 1 amide bonds. The normalized spacial score (nSPS) is 17.4. The predicted octanol–water partition coefficient (Wildman–Crippen LogP) is 4.53. The first-order valence-corrected chi connectivity index (χ1v) is 16.1. The standard InChI is InChI=1S/C30H35N3O6S2/c1-3-38-30(35)27-25-15-16-33(18-21-8-5-4-6-9-21)20-26(25)40-29(27)31-28(34)22-11-13-24(14-12-22)41(36,37)32(2)19-23-10-7-17-39-23/h4-6,8-9,11-14,23H,3,7,10,15-20H2,1-2H3,(H,31,34). The molecule has 5 rings (SSSR count). The number of sulfonamides is 1. The molecule has 1 fully saturated rings. The van der Waals surface area contributed by atoms with Crippen molar-refractivity contribution in [2.45, 2.75) is 50.3 Å². The molecule has 1 unspecified atom stereocenters. The number of likely N-dealkylation sites (N-methyl/N-ethyl adjacent to an activating group) is 1. The Labute approximate surface area is 245 Å². The minimum Gasteiger partial charge on any atom is -0.462 e. The van der Waals surface area contributed by atoms with Crippen LogP contribution in [0.3, 0.4) is 0 Å². The second kappa shape index (κ2) is 12.8. The third kappa shape index (κ3) is 6.70. The molecule has 1 N–H and O–H groups in total. The van der Waals surface area contributed by atoms with Gasteiger partial charge in [-0.2, -0.15) is 4.31 Å². The van der Waals surface area contributed by atoms with E-state index in [1.165, 1.54) is 52.5 Å². The van der Waals surface area contributed by atoms with Crippen molar-refractivity contribution in [3.8, 4) is 0 Å². The monoisotopic (exact) mass is 597 g/mol. The maximum Gasteiger partial charge on any atom is 0.341 e. The number of rotatable bonds is 10. The lowest BCUT2D eigenvalue weighted by Crippen LogP contribution is -2.34. The van der Waals surface area contributed by atoms with E-state index in [1.54, 1.807) is 6.92 Å². The van der Waals surface area contributed by atoms with Crippen molar-refractivity contribution < 1.29 is 27.5 Å². The van der Waals surface area contributed by atoms with Crippen LogP contribution in [0.4, 0.5) is 5.00 Å². The molecular formula is C30H35N3O6S2. The number of carbonyl (C=O) groups is 2. The molecule has 41 heavy (non-hydrogen) atoms. The first-order chi connectivity index (χ1) is 19.8. The summed E-state index contributed by atoms with van der Waals surface area (Å²) in [5, 5.41) is 3.35. The Morgan fingerprint density at radius 2 is 1.90 bits per heavy atom. The fourth-order valence-corrected chi connectivity index (χ4v) is 7.72. The summed E-state index contributed by atoms with van der Waals surface area (Å²) >= 11 is 1.39. The second-order valence-corrected chi connectivity index (χ2v) is 13.4. The van der Waals surface area contributed by atoms with Crippen molar-refractivity contribution >= 4 is 38.2 Å². The summed E-state index contributed by atoms with van der Waals surface area (Å²) in [5.41, 5.74) is 2.84. The molecule has 1 saturated heterocycles. The molecule has 9 nitrogen and oxygen atoms in total. The fraction of sp³-hybridized carbons (Fsp3) is 0.400. The highest BCUT2D eigenvalue weighted by molar-refractivity contribution is 7.89. The average molecular weight is 598 g/mol. The van der Waals surface area contributed by atoms with Gasteiger partial charge in [0.25, 0.3) is 5.91 Å². The van der Waals surface area contributed by atoms with Crippen LogP contribution in [0.5, 0.6) is 0 Å². The molecule has 0 spiro atoms. The summed E-state index contributed by atoms with van der Waals surface area (Å²) in [6.45, 7) is 5.18. The molecule has 3 heterocycles. The summed E-state index contributed by atoms with van der Waals surface area (Å²) in [5.74, 6) is -0.875. The molecule has 2 aliphatic rings. The van der Waals surface area contributed by atoms with Crippen molar-refractivity contribution in [3.05, 3.63) is 81.7 Å². The van der Waals surface area contributed by atoms with Crippen LogP contribution in [0.2, 0.25) is 0 Å². The second-order valence-electron chi connectivity index (χ2n) is 10.3. The lowest BCUT2D eigenvalue weighted by atomic mass is 10.0. The first-order valence-electron chi connectivity index (χ1n) is 13.8. The minimum atomic E-state index is -3.72. The van der Waals surface area contributed by atoms with Crippen LogP contribution in [0.25, 0.3) is 0 Å². The lowest BCUT2D eigenvalue weighted by molar-refractivity contribution is 0.0526. The predicted molar refractivity (Wildman–Crippen MR) is 158 cm³/mol. The number of amides is 1. The average Bonchev–Trinajstić information content (AvgIpc) is 3.61. The molecule has 0 saturated carbocycles. The molecule has 1 aromatic heterocycles. The molecular weight excluding hydrogens is 562 g/mol. The number of nitrogens with zero attached hydrogens (tertiary/aromatic N) is 2. The molecule has 11 heteroatoms. The van der Waals surface area contributed by atoms with E-state index < -0.39 is 21.9 Å². The Hall–Kier alpha value is -3.09. The van der Waals surface area contributed by atoms with E-state index in [2.05, 4.69) is 22.3 Å². The van der Waals surface area contributed by atoms with Gasteiger partial charge >= 0.3 is 5.97 Å². The van der Waals surface area contributed by atoms with Crippen LogP contribution >= 0.6 is 11.3 Å². The van der Waals surface area contributed by atoms with Gasteiger partial charge in [0.05, 0.1) is 23.2 Å². The van der Waals surface area contributed by atoms with Crippen LogP contribution in [0.15, 0.2) is 59.5 Å². The SMILES string of the molecule is CCOC(=O)c1c(NC(=O)c2ccc(S(=O)(=O)N(C)CC3CCCO3)cc2)sc2c1CCN(Cc1ccccc1)C2. The zero-order valence-corrected chi connectivity index (χ0v) is 24.9. The Morgan fingerprint density at radius 3 is 2.59 bits per heavy atom. The number of ether oxygens (including phenoxy) is 2. The molecule has 2 aromatic carbocycles. The highest BCUT2D eigenvalue weighted by Gasteiger charge is 2.30. The van der Waals surface area contributed by atoms with Crippen LogP contribution < -0.4 is 5.32 Å². The molecule has 2 aliphatic heterocycles. The van der Waals surface area contributed by atoms with E-state index >= 15 is 0 Å². The summed E-state index contributed by atoms with van der Waals surface area (Å²) in [7, 11) is -2.19. The topological polar surface area (TPSA) is 105 Å². The number of thiophene rings is 1. The molecule has 0 radical (unpaired) electrons. The maximum atomic E-state index is 13.2. The molecule has 0 bridgehead atoms. The van der Waals surface area contributed by atoms with Crippen LogP contribution in [0, 0.1) is 0 Å². The first kappa shape index (κ1) is 29.4. The Kier molecular flexibility index (Phi) is 9.20. The highest BCUT2D eigenvalue weighted by Crippen LogP contribution is 2.38. The van der Waals surface area contributed by atoms with Gasteiger partial charge in [0.15, 0.2) is 0 Å². The minimum absolute atomic E-state index is 0.101. The van der Waals surface area contributed by atoms with Crippen LogP contribution in [-0.4, -0.2) is 69.0 Å². The van der Waals surface area contributed by atoms with Gasteiger partial charge in [-0.15, -0.1) is 11.3 Å². The molecule has 3 aromatic rings. The van der Waals surface area contributed by atoms with Gasteiger partial charge in [0.2, 0.25) is 10.0 Å². The summed E-state index contributed by atoms with van der Waals surface area (Å²) in [4.78, 5) is 29.7. The summed E-state index contributed by atoms with van der Waals surface area (Å²) < 4.78 is 38.3. The van der Waals surface area contributed by atoms with Crippen molar-refractivity contribution in [1.82, 2.24) is 9.21 Å². The van der Waals surface area contributed by atoms with E-state index in [1.807, 2.05) is 18.2 Å². The Morgan fingerprint density at radius 1 is 1.15 bits per heavy atom. The number of nitrogens with one attached hydrogen (secondary N) is 1. The van der Waals surface area contributed by atoms with E-state index in [0.29, 0.717) is 30.1 Å².